The van der Waals surface area contributed by atoms with Gasteiger partial charge in [-0.2, -0.15) is 0 Å². The van der Waals surface area contributed by atoms with E-state index < -0.39 is 5.97 Å². The van der Waals surface area contributed by atoms with Gasteiger partial charge in [0, 0.05) is 14.1 Å². The van der Waals surface area contributed by atoms with Gasteiger partial charge in [0.2, 0.25) is 5.62 Å². The van der Waals surface area contributed by atoms with Gasteiger partial charge in [0.05, 0.1) is 11.0 Å². The van der Waals surface area contributed by atoms with E-state index in [1.54, 1.807) is 11.6 Å². The van der Waals surface area contributed by atoms with Crippen molar-refractivity contribution in [2.75, 3.05) is 7.05 Å². The Balaban J connectivity index is 2.84. The van der Waals surface area contributed by atoms with Crippen molar-refractivity contribution in [1.29, 1.82) is 0 Å². The maximum Gasteiger partial charge on any atom is 0.323 e. The molecule has 0 aliphatic rings. The van der Waals surface area contributed by atoms with Crippen LogP contribution in [0.1, 0.15) is 0 Å². The number of fused-ring (bicyclic) bond motifs is 1. The second-order valence-corrected chi connectivity index (χ2v) is 3.55. The third kappa shape index (κ3) is 1.50. The van der Waals surface area contributed by atoms with Gasteiger partial charge in [-0.05, 0) is 12.1 Å². The summed E-state index contributed by atoms with van der Waals surface area (Å²) in [6, 6.07) is 7.66. The van der Waals surface area contributed by atoms with Crippen LogP contribution in [-0.4, -0.2) is 27.3 Å². The smallest absolute Gasteiger partial charge is 0.323 e. The highest BCUT2D eigenvalue weighted by Gasteiger charge is 2.10. The third-order valence-electron chi connectivity index (χ3n) is 2.57. The molecule has 5 heteroatoms. The average Bonchev–Trinajstić information content (AvgIpc) is 2.52. The van der Waals surface area contributed by atoms with Crippen LogP contribution >= 0.6 is 0 Å². The van der Waals surface area contributed by atoms with Crippen LogP contribution in [0.15, 0.2) is 29.3 Å². The molecule has 0 spiro atoms. The first-order valence-electron chi connectivity index (χ1n) is 4.94. The standard InChI is InChI=1S/C11H13N3O2/c1-12-11-13(2)8-5-3-4-6-9(8)14(11)7-10(15)16/h3-6H,7H2,1-2H3,(H,15,16). The van der Waals surface area contributed by atoms with Gasteiger partial charge in [-0.1, -0.05) is 12.1 Å². The Morgan fingerprint density at radius 3 is 2.56 bits per heavy atom. The van der Waals surface area contributed by atoms with Crippen molar-refractivity contribution in [1.82, 2.24) is 9.13 Å². The minimum atomic E-state index is -0.869. The van der Waals surface area contributed by atoms with Crippen molar-refractivity contribution >= 4 is 17.0 Å². The van der Waals surface area contributed by atoms with E-state index in [1.807, 2.05) is 35.9 Å². The Bertz CT molecular complexity index is 607. The molecule has 2 aromatic rings. The van der Waals surface area contributed by atoms with E-state index >= 15 is 0 Å². The number of aliphatic carboxylic acids is 1. The molecule has 16 heavy (non-hydrogen) atoms. The third-order valence-corrected chi connectivity index (χ3v) is 2.57. The van der Waals surface area contributed by atoms with Gasteiger partial charge in [-0.15, -0.1) is 0 Å². The summed E-state index contributed by atoms with van der Waals surface area (Å²) in [6.45, 7) is -0.0754. The number of rotatable bonds is 2. The first-order chi connectivity index (χ1) is 7.65. The van der Waals surface area contributed by atoms with E-state index in [-0.39, 0.29) is 6.54 Å². The fourth-order valence-corrected chi connectivity index (χ4v) is 1.93. The van der Waals surface area contributed by atoms with E-state index in [9.17, 15) is 4.79 Å². The summed E-state index contributed by atoms with van der Waals surface area (Å²) in [5.41, 5.74) is 2.51. The summed E-state index contributed by atoms with van der Waals surface area (Å²) in [6.07, 6.45) is 0. The number of carbonyl (C=O) groups is 1. The largest absolute Gasteiger partial charge is 0.480 e. The van der Waals surface area contributed by atoms with E-state index in [4.69, 9.17) is 5.11 Å². The number of benzene rings is 1. The lowest BCUT2D eigenvalue weighted by molar-refractivity contribution is -0.137. The minimum absolute atomic E-state index is 0.0754. The number of carboxylic acids is 1. The van der Waals surface area contributed by atoms with E-state index in [2.05, 4.69) is 4.99 Å². The highest BCUT2D eigenvalue weighted by Crippen LogP contribution is 2.11. The Labute approximate surface area is 92.3 Å². The van der Waals surface area contributed by atoms with Crippen molar-refractivity contribution < 1.29 is 9.90 Å². The molecule has 1 heterocycles. The normalized spacial score (nSPS) is 12.2. The zero-order valence-corrected chi connectivity index (χ0v) is 9.21. The summed E-state index contributed by atoms with van der Waals surface area (Å²) in [4.78, 5) is 14.9. The van der Waals surface area contributed by atoms with E-state index in [0.717, 1.165) is 11.0 Å². The molecule has 0 bridgehead atoms. The number of hydrogen-bond acceptors (Lipinski definition) is 2. The molecule has 0 saturated heterocycles. The summed E-state index contributed by atoms with van der Waals surface area (Å²) in [7, 11) is 3.54. The lowest BCUT2D eigenvalue weighted by Crippen LogP contribution is -2.26. The van der Waals surface area contributed by atoms with Crippen molar-refractivity contribution in [3.05, 3.63) is 29.9 Å². The molecule has 0 aliphatic carbocycles. The van der Waals surface area contributed by atoms with Crippen LogP contribution in [0.3, 0.4) is 0 Å². The number of hydrogen-bond donors (Lipinski definition) is 1. The highest BCUT2D eigenvalue weighted by molar-refractivity contribution is 5.78. The molecule has 1 aromatic heterocycles. The number of nitrogens with zero attached hydrogens (tertiary/aromatic N) is 3. The van der Waals surface area contributed by atoms with E-state index in [1.165, 1.54) is 0 Å². The van der Waals surface area contributed by atoms with E-state index in [0.29, 0.717) is 5.62 Å². The Morgan fingerprint density at radius 1 is 1.38 bits per heavy atom. The molecule has 1 aromatic carbocycles. The molecular formula is C11H13N3O2. The number of aryl methyl sites for hydroxylation is 1. The molecule has 0 aliphatic heterocycles. The van der Waals surface area contributed by atoms with Crippen molar-refractivity contribution in [3.8, 4) is 0 Å². The van der Waals surface area contributed by atoms with Crippen LogP contribution < -0.4 is 5.62 Å². The van der Waals surface area contributed by atoms with Crippen LogP contribution in [0.4, 0.5) is 0 Å². The van der Waals surface area contributed by atoms with Crippen LogP contribution in [-0.2, 0) is 18.4 Å². The van der Waals surface area contributed by atoms with Crippen molar-refractivity contribution in [2.24, 2.45) is 12.0 Å². The quantitative estimate of drug-likeness (QED) is 0.803. The zero-order valence-electron chi connectivity index (χ0n) is 9.21. The highest BCUT2D eigenvalue weighted by atomic mass is 16.4. The zero-order chi connectivity index (χ0) is 11.7. The maximum atomic E-state index is 10.8. The van der Waals surface area contributed by atoms with Gasteiger partial charge >= 0.3 is 5.97 Å². The average molecular weight is 219 g/mol. The lowest BCUT2D eigenvalue weighted by atomic mass is 10.3. The second-order valence-electron chi connectivity index (χ2n) is 3.55. The first-order valence-corrected chi connectivity index (χ1v) is 4.94. The Kier molecular flexibility index (Phi) is 2.52. The molecule has 5 nitrogen and oxygen atoms in total. The number of para-hydroxylation sites is 2. The molecule has 0 radical (unpaired) electrons. The Hall–Kier alpha value is -2.04. The predicted octanol–water partition coefficient (Wildman–Crippen LogP) is 0.595. The molecular weight excluding hydrogens is 206 g/mol. The van der Waals surface area contributed by atoms with Gasteiger partial charge < -0.3 is 9.67 Å². The topological polar surface area (TPSA) is 59.5 Å². The van der Waals surface area contributed by atoms with Gasteiger partial charge in [0.15, 0.2) is 0 Å². The molecule has 0 amide bonds. The first kappa shape index (κ1) is 10.5. The Morgan fingerprint density at radius 2 is 2.00 bits per heavy atom. The SMILES string of the molecule is CN=c1n(C)c2ccccc2n1CC(=O)O. The van der Waals surface area contributed by atoms with Gasteiger partial charge in [-0.3, -0.25) is 14.4 Å². The second kappa shape index (κ2) is 3.84. The van der Waals surface area contributed by atoms with Crippen LogP contribution in [0.2, 0.25) is 0 Å². The summed E-state index contributed by atoms with van der Waals surface area (Å²) < 4.78 is 3.58. The molecule has 0 saturated carbocycles. The summed E-state index contributed by atoms with van der Waals surface area (Å²) >= 11 is 0. The molecule has 0 unspecified atom stereocenters. The molecule has 0 fully saturated rings. The van der Waals surface area contributed by atoms with Crippen molar-refractivity contribution in [3.63, 3.8) is 0 Å². The fraction of sp³-hybridized carbons (Fsp3) is 0.273. The molecule has 84 valence electrons. The minimum Gasteiger partial charge on any atom is -0.480 e. The van der Waals surface area contributed by atoms with Gasteiger partial charge in [0.1, 0.15) is 6.54 Å². The fourth-order valence-electron chi connectivity index (χ4n) is 1.93. The van der Waals surface area contributed by atoms with Crippen molar-refractivity contribution in [2.45, 2.75) is 6.54 Å². The number of imidazole rings is 1. The van der Waals surface area contributed by atoms with Crippen LogP contribution in [0.5, 0.6) is 0 Å². The van der Waals surface area contributed by atoms with Gasteiger partial charge in [-0.25, -0.2) is 0 Å². The molecule has 1 N–H and O–H groups in total. The van der Waals surface area contributed by atoms with Crippen LogP contribution in [0.25, 0.3) is 11.0 Å². The summed E-state index contributed by atoms with van der Waals surface area (Å²) in [5.74, 6) is -0.869. The maximum absolute atomic E-state index is 10.8. The number of aromatic nitrogens is 2. The lowest BCUT2D eigenvalue weighted by Gasteiger charge is -1.99. The van der Waals surface area contributed by atoms with Gasteiger partial charge in [0.25, 0.3) is 0 Å². The van der Waals surface area contributed by atoms with Crippen LogP contribution in [0, 0.1) is 0 Å². The monoisotopic (exact) mass is 219 g/mol. The molecule has 0 atom stereocenters. The predicted molar refractivity (Wildman–Crippen MR) is 60.0 cm³/mol. The summed E-state index contributed by atoms with van der Waals surface area (Å²) in [5, 5.41) is 8.88. The number of carboxylic acid groups (broad SMARTS) is 1. The molecule has 2 rings (SSSR count).